The molecule has 248 valence electrons. The summed E-state index contributed by atoms with van der Waals surface area (Å²) in [6.45, 7) is 3.03. The highest BCUT2D eigenvalue weighted by Crippen LogP contribution is 2.65. The van der Waals surface area contributed by atoms with Gasteiger partial charge in [0.25, 0.3) is 0 Å². The quantitative estimate of drug-likeness (QED) is 0.139. The van der Waals surface area contributed by atoms with Crippen molar-refractivity contribution in [2.75, 3.05) is 26.4 Å². The average molecular weight is 616 g/mol. The zero-order chi connectivity index (χ0) is 30.9. The number of carbonyl (C=O) groups is 1. The van der Waals surface area contributed by atoms with Gasteiger partial charge in [-0.25, -0.2) is 0 Å². The van der Waals surface area contributed by atoms with Gasteiger partial charge in [0.2, 0.25) is 5.91 Å². The summed E-state index contributed by atoms with van der Waals surface area (Å²) >= 11 is 0. The molecule has 4 unspecified atom stereocenters. The van der Waals surface area contributed by atoms with Crippen molar-refractivity contribution >= 4 is 5.91 Å². The Kier molecular flexibility index (Phi) is 11.1. The maximum absolute atomic E-state index is 13.2. The molecular formula is C31H53NO11. The number of hydrogen-bond donors (Lipinski definition) is 7. The van der Waals surface area contributed by atoms with Crippen LogP contribution in [0.4, 0.5) is 0 Å². The number of aliphatic hydroxyl groups is 6. The lowest BCUT2D eigenvalue weighted by molar-refractivity contribution is -0.355. The van der Waals surface area contributed by atoms with E-state index in [2.05, 4.69) is 12.2 Å². The number of ether oxygens (including phenoxy) is 4. The topological polar surface area (TPSA) is 187 Å². The third-order valence-electron chi connectivity index (χ3n) is 11.3. The largest absolute Gasteiger partial charge is 0.394 e. The van der Waals surface area contributed by atoms with Gasteiger partial charge in [-0.05, 0) is 67.6 Å². The Morgan fingerprint density at radius 3 is 2.07 bits per heavy atom. The van der Waals surface area contributed by atoms with Crippen LogP contribution in [0, 0.1) is 35.0 Å². The van der Waals surface area contributed by atoms with Crippen LogP contribution in [0.3, 0.4) is 0 Å². The van der Waals surface area contributed by atoms with Gasteiger partial charge in [0, 0.05) is 18.9 Å². The van der Waals surface area contributed by atoms with Gasteiger partial charge in [0.15, 0.2) is 12.6 Å². The van der Waals surface area contributed by atoms with Crippen molar-refractivity contribution in [1.29, 1.82) is 0 Å². The monoisotopic (exact) mass is 615 g/mol. The minimum atomic E-state index is -1.58. The lowest BCUT2D eigenvalue weighted by Crippen LogP contribution is -2.63. The molecule has 10 atom stereocenters. The molecule has 43 heavy (non-hydrogen) atoms. The Morgan fingerprint density at radius 1 is 0.860 bits per heavy atom. The van der Waals surface area contributed by atoms with Gasteiger partial charge < -0.3 is 54.9 Å². The summed E-state index contributed by atoms with van der Waals surface area (Å²) in [7, 11) is 0. The second-order valence-corrected chi connectivity index (χ2v) is 13.9. The van der Waals surface area contributed by atoms with Gasteiger partial charge in [0.1, 0.15) is 30.5 Å². The van der Waals surface area contributed by atoms with E-state index in [-0.39, 0.29) is 24.5 Å². The molecule has 2 aliphatic heterocycles. The van der Waals surface area contributed by atoms with Gasteiger partial charge in [0.05, 0.1) is 32.0 Å². The fourth-order valence-corrected chi connectivity index (χ4v) is 9.04. The van der Waals surface area contributed by atoms with E-state index < -0.39 is 74.4 Å². The number of aliphatic hydroxyl groups excluding tert-OH is 6. The van der Waals surface area contributed by atoms with Gasteiger partial charge in [-0.2, -0.15) is 0 Å². The molecular weight excluding hydrogens is 562 g/mol. The maximum Gasteiger partial charge on any atom is 0.220 e. The van der Waals surface area contributed by atoms with Crippen molar-refractivity contribution in [2.45, 2.75) is 127 Å². The Morgan fingerprint density at radius 2 is 1.47 bits per heavy atom. The highest BCUT2D eigenvalue weighted by atomic mass is 16.7. The third kappa shape index (κ3) is 6.79. The second-order valence-electron chi connectivity index (χ2n) is 13.9. The SMILES string of the molecule is CCCCC1(CC(=O)NCCO[C@H]2OC(CO)[C@@H](O[C@H]3OC(CO)[C@@H](C)C(O)[C@@H]3O)C(O)[C@@H]2O)C2CC3CC(C2)CC1C3. The van der Waals surface area contributed by atoms with Crippen LogP contribution in [0.1, 0.15) is 71.6 Å². The molecule has 6 aliphatic rings. The van der Waals surface area contributed by atoms with Crippen LogP contribution in [-0.4, -0.2) is 118 Å². The number of rotatable bonds is 13. The molecule has 12 heteroatoms. The first kappa shape index (κ1) is 33.4. The molecule has 2 saturated heterocycles. The Hall–Kier alpha value is -0.930. The van der Waals surface area contributed by atoms with Crippen LogP contribution in [0.25, 0.3) is 0 Å². The molecule has 0 spiro atoms. The molecule has 7 N–H and O–H groups in total. The van der Waals surface area contributed by atoms with Crippen LogP contribution in [0.5, 0.6) is 0 Å². The van der Waals surface area contributed by atoms with E-state index in [1.165, 1.54) is 32.1 Å². The van der Waals surface area contributed by atoms with E-state index in [0.29, 0.717) is 18.3 Å². The predicted molar refractivity (Wildman–Crippen MR) is 152 cm³/mol. The van der Waals surface area contributed by atoms with Crippen LogP contribution >= 0.6 is 0 Å². The minimum absolute atomic E-state index is 0.0164. The van der Waals surface area contributed by atoms with E-state index in [1.807, 2.05) is 0 Å². The molecule has 1 amide bonds. The van der Waals surface area contributed by atoms with Crippen molar-refractivity contribution in [3.8, 4) is 0 Å². The number of nitrogens with one attached hydrogen (secondary N) is 1. The Balaban J connectivity index is 1.11. The molecule has 0 radical (unpaired) electrons. The van der Waals surface area contributed by atoms with Crippen molar-refractivity contribution < 1.29 is 54.4 Å². The van der Waals surface area contributed by atoms with Crippen molar-refractivity contribution in [2.24, 2.45) is 35.0 Å². The summed E-state index contributed by atoms with van der Waals surface area (Å²) in [6.07, 6.45) is -1.58. The zero-order valence-electron chi connectivity index (χ0n) is 25.5. The standard InChI is InChI=1S/C31H53NO11/c1-3-4-5-31(19-9-17-8-18(11-19)12-20(31)10-17)13-23(35)32-6-7-40-29-27(39)25(37)28(22(15-34)42-29)43-30-26(38)24(36)16(2)21(14-33)41-30/h16-22,24-30,33-34,36-39H,3-15H2,1-2H3,(H,32,35)/t16-,17?,18?,19?,20?,21?,22?,24?,25?,26+,27+,28-,29+,30-,31?/m1/s1. The molecule has 4 saturated carbocycles. The summed E-state index contributed by atoms with van der Waals surface area (Å²) in [4.78, 5) is 13.2. The van der Waals surface area contributed by atoms with Crippen molar-refractivity contribution in [1.82, 2.24) is 5.32 Å². The molecule has 12 nitrogen and oxygen atoms in total. The molecule has 0 aromatic carbocycles. The molecule has 4 bridgehead atoms. The molecule has 4 aliphatic carbocycles. The Bertz CT molecular complexity index is 890. The number of amides is 1. The second kappa shape index (κ2) is 14.2. The van der Waals surface area contributed by atoms with Crippen LogP contribution < -0.4 is 5.32 Å². The third-order valence-corrected chi connectivity index (χ3v) is 11.3. The van der Waals surface area contributed by atoms with Gasteiger partial charge >= 0.3 is 0 Å². The highest BCUT2D eigenvalue weighted by Gasteiger charge is 2.57. The van der Waals surface area contributed by atoms with Gasteiger partial charge in [-0.15, -0.1) is 0 Å². The first-order valence-electron chi connectivity index (χ1n) is 16.4. The van der Waals surface area contributed by atoms with E-state index in [9.17, 15) is 35.4 Å². The zero-order valence-corrected chi connectivity index (χ0v) is 25.5. The van der Waals surface area contributed by atoms with E-state index in [0.717, 1.165) is 31.1 Å². The van der Waals surface area contributed by atoms with Gasteiger partial charge in [-0.3, -0.25) is 4.79 Å². The van der Waals surface area contributed by atoms with Crippen molar-refractivity contribution in [3.05, 3.63) is 0 Å². The summed E-state index contributed by atoms with van der Waals surface area (Å²) in [6, 6.07) is 0. The molecule has 0 aromatic heterocycles. The maximum atomic E-state index is 13.2. The number of hydrogen-bond acceptors (Lipinski definition) is 11. The molecule has 2 heterocycles. The van der Waals surface area contributed by atoms with Crippen LogP contribution in [0.15, 0.2) is 0 Å². The van der Waals surface area contributed by atoms with Crippen LogP contribution in [-0.2, 0) is 23.7 Å². The lowest BCUT2D eigenvalue weighted by Gasteiger charge is -2.61. The fourth-order valence-electron chi connectivity index (χ4n) is 9.04. The first-order chi connectivity index (χ1) is 20.6. The lowest BCUT2D eigenvalue weighted by atomic mass is 9.43. The summed E-state index contributed by atoms with van der Waals surface area (Å²) in [5.74, 6) is 2.40. The number of carbonyl (C=O) groups excluding carboxylic acids is 1. The summed E-state index contributed by atoms with van der Waals surface area (Å²) < 4.78 is 22.6. The summed E-state index contributed by atoms with van der Waals surface area (Å²) in [5.41, 5.74) is 0.0887. The minimum Gasteiger partial charge on any atom is -0.394 e. The van der Waals surface area contributed by atoms with Crippen LogP contribution in [0.2, 0.25) is 0 Å². The predicted octanol–water partition coefficient (Wildman–Crippen LogP) is 0.0413. The summed E-state index contributed by atoms with van der Waals surface area (Å²) in [5, 5.41) is 64.8. The highest BCUT2D eigenvalue weighted by molar-refractivity contribution is 5.76. The average Bonchev–Trinajstić information content (AvgIpc) is 2.99. The molecule has 0 aromatic rings. The number of unbranched alkanes of at least 4 members (excludes halogenated alkanes) is 1. The van der Waals surface area contributed by atoms with E-state index in [1.54, 1.807) is 6.92 Å². The van der Waals surface area contributed by atoms with Crippen molar-refractivity contribution in [3.63, 3.8) is 0 Å². The smallest absolute Gasteiger partial charge is 0.220 e. The van der Waals surface area contributed by atoms with Gasteiger partial charge in [-0.1, -0.05) is 26.7 Å². The Labute approximate surface area is 254 Å². The first-order valence-corrected chi connectivity index (χ1v) is 16.4. The normalized spacial score (nSPS) is 47.5. The fraction of sp³-hybridized carbons (Fsp3) is 0.968. The molecule has 6 rings (SSSR count). The van der Waals surface area contributed by atoms with E-state index in [4.69, 9.17) is 18.9 Å². The van der Waals surface area contributed by atoms with E-state index >= 15 is 0 Å². The molecule has 6 fully saturated rings.